The third kappa shape index (κ3) is 4.28. The molecule has 24 heavy (non-hydrogen) atoms. The SMILES string of the molecule is CC[C@@H](O)[C@@H]1C[C@H]1[C@@H]1C[C@@H]2O[C@@H]2[C@H]1/C=C\C/C=C\CCCC(=O)O. The highest BCUT2D eigenvalue weighted by Gasteiger charge is 2.60. The van der Waals surface area contributed by atoms with E-state index < -0.39 is 5.97 Å². The van der Waals surface area contributed by atoms with Crippen LogP contribution in [0.5, 0.6) is 0 Å². The van der Waals surface area contributed by atoms with Gasteiger partial charge in [-0.25, -0.2) is 0 Å². The zero-order chi connectivity index (χ0) is 17.1. The summed E-state index contributed by atoms with van der Waals surface area (Å²) in [6.07, 6.45) is 15.4. The Hall–Kier alpha value is -1.13. The molecular formula is C20H30O4. The van der Waals surface area contributed by atoms with E-state index in [0.717, 1.165) is 19.3 Å². The highest BCUT2D eigenvalue weighted by atomic mass is 16.6. The summed E-state index contributed by atoms with van der Waals surface area (Å²) in [4.78, 5) is 10.4. The molecule has 2 N–H and O–H groups in total. The predicted molar refractivity (Wildman–Crippen MR) is 92.5 cm³/mol. The van der Waals surface area contributed by atoms with E-state index in [2.05, 4.69) is 31.2 Å². The van der Waals surface area contributed by atoms with Gasteiger partial charge in [0.2, 0.25) is 0 Å². The van der Waals surface area contributed by atoms with Crippen LogP contribution in [0.2, 0.25) is 0 Å². The van der Waals surface area contributed by atoms with Crippen LogP contribution in [0.4, 0.5) is 0 Å². The van der Waals surface area contributed by atoms with Gasteiger partial charge in [0.1, 0.15) is 0 Å². The number of carboxylic acid groups (broad SMARTS) is 1. The summed E-state index contributed by atoms with van der Waals surface area (Å²) in [6, 6.07) is 0. The Kier molecular flexibility index (Phi) is 5.77. The van der Waals surface area contributed by atoms with Crippen molar-refractivity contribution in [2.45, 2.75) is 70.2 Å². The lowest BCUT2D eigenvalue weighted by Crippen LogP contribution is -2.18. The van der Waals surface area contributed by atoms with Gasteiger partial charge >= 0.3 is 5.97 Å². The molecule has 2 aliphatic carbocycles. The van der Waals surface area contributed by atoms with E-state index in [1.54, 1.807) is 0 Å². The molecule has 0 radical (unpaired) electrons. The number of aliphatic hydroxyl groups is 1. The van der Waals surface area contributed by atoms with Gasteiger partial charge in [0, 0.05) is 12.3 Å². The Morgan fingerprint density at radius 1 is 1.25 bits per heavy atom. The summed E-state index contributed by atoms with van der Waals surface area (Å²) in [5.74, 6) is 1.70. The molecule has 1 aliphatic heterocycles. The molecule has 3 rings (SSSR count). The second-order valence-corrected chi connectivity index (χ2v) is 7.58. The van der Waals surface area contributed by atoms with Gasteiger partial charge in [0.25, 0.3) is 0 Å². The number of allylic oxidation sites excluding steroid dienone is 3. The van der Waals surface area contributed by atoms with Crippen molar-refractivity contribution in [3.05, 3.63) is 24.3 Å². The average molecular weight is 334 g/mol. The number of hydrogen-bond donors (Lipinski definition) is 2. The number of aliphatic carboxylic acids is 1. The molecule has 0 bridgehead atoms. The zero-order valence-corrected chi connectivity index (χ0v) is 14.5. The Morgan fingerprint density at radius 3 is 2.83 bits per heavy atom. The Bertz CT molecular complexity index is 498. The van der Waals surface area contributed by atoms with Crippen LogP contribution in [-0.4, -0.2) is 34.5 Å². The fourth-order valence-electron chi connectivity index (χ4n) is 4.44. The number of unbranched alkanes of at least 4 members (excludes halogenated alkanes) is 1. The maximum absolute atomic E-state index is 10.4. The monoisotopic (exact) mass is 334 g/mol. The fraction of sp³-hybridized carbons (Fsp3) is 0.750. The summed E-state index contributed by atoms with van der Waals surface area (Å²) in [5, 5.41) is 18.6. The summed E-state index contributed by atoms with van der Waals surface area (Å²) < 4.78 is 5.74. The molecule has 0 aromatic heterocycles. The largest absolute Gasteiger partial charge is 0.481 e. The lowest BCUT2D eigenvalue weighted by molar-refractivity contribution is -0.137. The van der Waals surface area contributed by atoms with Gasteiger partial charge in [-0.3, -0.25) is 4.79 Å². The van der Waals surface area contributed by atoms with E-state index in [9.17, 15) is 9.90 Å². The first-order valence-corrected chi connectivity index (χ1v) is 9.48. The second kappa shape index (κ2) is 7.83. The Balaban J connectivity index is 1.40. The number of fused-ring (bicyclic) bond motifs is 1. The summed E-state index contributed by atoms with van der Waals surface area (Å²) in [6.45, 7) is 2.06. The van der Waals surface area contributed by atoms with Crippen molar-refractivity contribution in [3.63, 3.8) is 0 Å². The van der Waals surface area contributed by atoms with Crippen LogP contribution >= 0.6 is 0 Å². The van der Waals surface area contributed by atoms with Crippen molar-refractivity contribution < 1.29 is 19.7 Å². The van der Waals surface area contributed by atoms with Gasteiger partial charge in [-0.15, -0.1) is 0 Å². The second-order valence-electron chi connectivity index (χ2n) is 7.58. The van der Waals surface area contributed by atoms with Crippen molar-refractivity contribution in [1.29, 1.82) is 0 Å². The standard InChI is InChI=1S/C20H30O4/c1-2-17(21)16-11-14(16)15-12-18-20(24-18)13(15)9-7-5-3-4-6-8-10-19(22)23/h3-4,7,9,13-18,20-21H,2,5-6,8,10-12H2,1H3,(H,22,23)/b4-3-,9-7-/t13-,14-,15+,16+,17+,18-,20+/m0/s1. The number of epoxide rings is 1. The van der Waals surface area contributed by atoms with Crippen LogP contribution in [0.1, 0.15) is 51.9 Å². The van der Waals surface area contributed by atoms with Crippen LogP contribution < -0.4 is 0 Å². The maximum atomic E-state index is 10.4. The number of rotatable bonds is 10. The van der Waals surface area contributed by atoms with E-state index >= 15 is 0 Å². The van der Waals surface area contributed by atoms with Crippen molar-refractivity contribution in [3.8, 4) is 0 Å². The minimum absolute atomic E-state index is 0.119. The van der Waals surface area contributed by atoms with Gasteiger partial charge < -0.3 is 14.9 Å². The van der Waals surface area contributed by atoms with Crippen LogP contribution in [0.25, 0.3) is 0 Å². The summed E-state index contributed by atoms with van der Waals surface area (Å²) >= 11 is 0. The maximum Gasteiger partial charge on any atom is 0.303 e. The molecule has 4 heteroatoms. The lowest BCUT2D eigenvalue weighted by atomic mass is 9.88. The van der Waals surface area contributed by atoms with E-state index in [1.807, 2.05) is 0 Å². The molecule has 0 aromatic carbocycles. The number of aliphatic hydroxyl groups excluding tert-OH is 1. The van der Waals surface area contributed by atoms with E-state index in [0.29, 0.717) is 42.3 Å². The van der Waals surface area contributed by atoms with Gasteiger partial charge in [-0.1, -0.05) is 31.2 Å². The van der Waals surface area contributed by atoms with Crippen LogP contribution in [0.15, 0.2) is 24.3 Å². The van der Waals surface area contributed by atoms with Crippen molar-refractivity contribution in [2.75, 3.05) is 0 Å². The van der Waals surface area contributed by atoms with Crippen LogP contribution in [0, 0.1) is 23.7 Å². The average Bonchev–Trinajstić information content (AvgIpc) is 3.46. The molecule has 3 aliphatic rings. The third-order valence-electron chi connectivity index (χ3n) is 5.91. The molecule has 0 amide bonds. The minimum atomic E-state index is -0.721. The quantitative estimate of drug-likeness (QED) is 0.364. The molecule has 2 saturated carbocycles. The van der Waals surface area contributed by atoms with Crippen LogP contribution in [-0.2, 0) is 9.53 Å². The number of carbonyl (C=O) groups is 1. The lowest BCUT2D eigenvalue weighted by Gasteiger charge is -2.20. The molecular weight excluding hydrogens is 304 g/mol. The molecule has 0 spiro atoms. The number of ether oxygens (including phenoxy) is 1. The van der Waals surface area contributed by atoms with Gasteiger partial charge in [0.15, 0.2) is 0 Å². The number of hydrogen-bond acceptors (Lipinski definition) is 3. The highest BCUT2D eigenvalue weighted by molar-refractivity contribution is 5.66. The van der Waals surface area contributed by atoms with Crippen molar-refractivity contribution in [1.82, 2.24) is 0 Å². The number of carboxylic acids is 1. The first-order valence-electron chi connectivity index (χ1n) is 9.48. The molecule has 0 aromatic rings. The van der Waals surface area contributed by atoms with Gasteiger partial charge in [-0.2, -0.15) is 0 Å². The molecule has 4 nitrogen and oxygen atoms in total. The molecule has 134 valence electrons. The first kappa shape index (κ1) is 17.7. The fourth-order valence-corrected chi connectivity index (χ4v) is 4.44. The van der Waals surface area contributed by atoms with Crippen molar-refractivity contribution >= 4 is 5.97 Å². The minimum Gasteiger partial charge on any atom is -0.481 e. The molecule has 0 unspecified atom stereocenters. The predicted octanol–water partition coefficient (Wildman–Crippen LogP) is 3.55. The summed E-state index contributed by atoms with van der Waals surface area (Å²) in [5.41, 5.74) is 0. The normalized spacial score (nSPS) is 38.6. The van der Waals surface area contributed by atoms with Crippen LogP contribution in [0.3, 0.4) is 0 Å². The molecule has 1 heterocycles. The zero-order valence-electron chi connectivity index (χ0n) is 14.5. The topological polar surface area (TPSA) is 70.1 Å². The smallest absolute Gasteiger partial charge is 0.303 e. The Labute approximate surface area is 144 Å². The highest BCUT2D eigenvalue weighted by Crippen LogP contribution is 2.59. The molecule has 7 atom stereocenters. The summed E-state index contributed by atoms with van der Waals surface area (Å²) in [7, 11) is 0. The first-order chi connectivity index (χ1) is 11.6. The molecule has 3 fully saturated rings. The third-order valence-corrected chi connectivity index (χ3v) is 5.91. The molecule has 1 saturated heterocycles. The van der Waals surface area contributed by atoms with Crippen molar-refractivity contribution in [2.24, 2.45) is 23.7 Å². The van der Waals surface area contributed by atoms with Gasteiger partial charge in [0.05, 0.1) is 18.3 Å². The van der Waals surface area contributed by atoms with E-state index in [1.165, 1.54) is 12.8 Å². The van der Waals surface area contributed by atoms with E-state index in [-0.39, 0.29) is 12.5 Å². The Morgan fingerprint density at radius 2 is 2.08 bits per heavy atom. The van der Waals surface area contributed by atoms with E-state index in [4.69, 9.17) is 9.84 Å². The van der Waals surface area contributed by atoms with Gasteiger partial charge in [-0.05, 0) is 56.3 Å².